The number of ketones is 2. The van der Waals surface area contributed by atoms with Crippen LogP contribution in [0.25, 0.3) is 0 Å². The zero-order valence-electron chi connectivity index (χ0n) is 27.9. The van der Waals surface area contributed by atoms with Gasteiger partial charge in [0.2, 0.25) is 17.5 Å². The van der Waals surface area contributed by atoms with Crippen molar-refractivity contribution in [2.45, 2.75) is 103 Å². The number of fused-ring (bicyclic) bond motifs is 6. The van der Waals surface area contributed by atoms with Crippen molar-refractivity contribution in [3.63, 3.8) is 0 Å². The van der Waals surface area contributed by atoms with Crippen LogP contribution < -0.4 is 15.4 Å². The van der Waals surface area contributed by atoms with Crippen LogP contribution in [0, 0.1) is 25.2 Å². The molecule has 3 N–H and O–H groups in total. The lowest BCUT2D eigenvalue weighted by molar-refractivity contribution is -0.134. The number of allylic oxidation sites excluding steroid dienone is 2. The molecule has 1 aliphatic carbocycles. The van der Waals surface area contributed by atoms with Crippen LogP contribution in [0.2, 0.25) is 0 Å². The van der Waals surface area contributed by atoms with Gasteiger partial charge in [-0.15, -0.1) is 0 Å². The van der Waals surface area contributed by atoms with E-state index in [0.29, 0.717) is 12.0 Å². The largest absolute Gasteiger partial charge is 0.507 e. The van der Waals surface area contributed by atoms with E-state index >= 15 is 0 Å². The van der Waals surface area contributed by atoms with E-state index in [9.17, 15) is 29.5 Å². The number of aryl methyl sites for hydroxylation is 1. The fourth-order valence-corrected chi connectivity index (χ4v) is 7.81. The first-order chi connectivity index (χ1) is 21.5. The first kappa shape index (κ1) is 33.2. The van der Waals surface area contributed by atoms with Crippen LogP contribution in [0.15, 0.2) is 28.5 Å². The molecule has 1 saturated heterocycles. The topological polar surface area (TPSA) is 161 Å². The summed E-state index contributed by atoms with van der Waals surface area (Å²) < 4.78 is 11.1. The van der Waals surface area contributed by atoms with Gasteiger partial charge in [-0.05, 0) is 90.6 Å². The number of methoxy groups -OCH3 is 1. The Bertz CT molecular complexity index is 1630. The Balaban J connectivity index is 1.59. The maximum absolute atomic E-state index is 13.7. The van der Waals surface area contributed by atoms with Crippen LogP contribution in [-0.2, 0) is 25.5 Å². The standard InChI is InChI=1S/C34H43N5O7/c1-15-10-19-11-21-23(13-35)39-22(27(38(21)8)25(19)16(2)31(15)45-9)12-20-26(30(42)29(41)17(3)28(20)40)24(39)14-36-32(43)18(4)37-33(44)46-34(5,6)7/h10,18,21-24,27,40H,11-12,14H2,1-9H3,(H,36,43)(H,37,44)/t18-,21-,22-,23-,24-,27-/m0/s1. The van der Waals surface area contributed by atoms with Gasteiger partial charge in [-0.3, -0.25) is 24.2 Å². The number of carbonyl (C=O) groups is 4. The van der Waals surface area contributed by atoms with Crippen molar-refractivity contribution < 1.29 is 33.8 Å². The molecule has 2 amide bonds. The number of rotatable bonds is 5. The minimum Gasteiger partial charge on any atom is -0.507 e. The van der Waals surface area contributed by atoms with Gasteiger partial charge in [-0.25, -0.2) is 4.79 Å². The first-order valence-corrected chi connectivity index (χ1v) is 15.6. The van der Waals surface area contributed by atoms with Gasteiger partial charge in [0.05, 0.1) is 25.3 Å². The summed E-state index contributed by atoms with van der Waals surface area (Å²) >= 11 is 0. The fraction of sp³-hybridized carbons (Fsp3) is 0.559. The number of carbonyl (C=O) groups excluding carboxylic acids is 4. The summed E-state index contributed by atoms with van der Waals surface area (Å²) in [6.07, 6.45) is 0.0368. The molecule has 46 heavy (non-hydrogen) atoms. The molecule has 0 unspecified atom stereocenters. The molecule has 0 saturated carbocycles. The van der Waals surface area contributed by atoms with E-state index in [1.807, 2.05) is 25.8 Å². The summed E-state index contributed by atoms with van der Waals surface area (Å²) in [4.78, 5) is 56.5. The number of likely N-dealkylation sites (N-methyl/N-ethyl adjacent to an activating group) is 1. The van der Waals surface area contributed by atoms with E-state index in [4.69, 9.17) is 9.47 Å². The lowest BCUT2D eigenvalue weighted by Crippen LogP contribution is -2.71. The number of alkyl carbamates (subject to hydrolysis) is 1. The van der Waals surface area contributed by atoms with Gasteiger partial charge >= 0.3 is 6.09 Å². The number of benzene rings is 1. The number of aliphatic hydroxyl groups is 1. The van der Waals surface area contributed by atoms with Crippen molar-refractivity contribution >= 4 is 23.6 Å². The van der Waals surface area contributed by atoms with E-state index in [2.05, 4.69) is 27.7 Å². The summed E-state index contributed by atoms with van der Waals surface area (Å²) in [6, 6.07) is 1.13. The third-order valence-corrected chi connectivity index (χ3v) is 9.76. The molecule has 0 spiro atoms. The van der Waals surface area contributed by atoms with E-state index in [1.165, 1.54) is 13.8 Å². The summed E-state index contributed by atoms with van der Waals surface area (Å²) in [5.74, 6) is -1.55. The van der Waals surface area contributed by atoms with Gasteiger partial charge in [-0.1, -0.05) is 6.07 Å². The molecule has 4 aliphatic rings. The van der Waals surface area contributed by atoms with E-state index < -0.39 is 53.3 Å². The molecule has 246 valence electrons. The highest BCUT2D eigenvalue weighted by Crippen LogP contribution is 2.52. The van der Waals surface area contributed by atoms with Crippen molar-refractivity contribution in [1.29, 1.82) is 5.26 Å². The summed E-state index contributed by atoms with van der Waals surface area (Å²) in [5, 5.41) is 27.3. The molecule has 3 heterocycles. The molecule has 1 fully saturated rings. The first-order valence-electron chi connectivity index (χ1n) is 15.6. The smallest absolute Gasteiger partial charge is 0.408 e. The van der Waals surface area contributed by atoms with Gasteiger partial charge in [0, 0.05) is 35.3 Å². The van der Waals surface area contributed by atoms with Crippen LogP contribution in [0.4, 0.5) is 4.79 Å². The van der Waals surface area contributed by atoms with Gasteiger partial charge in [0.15, 0.2) is 0 Å². The van der Waals surface area contributed by atoms with Crippen LogP contribution in [0.3, 0.4) is 0 Å². The van der Waals surface area contributed by atoms with Crippen molar-refractivity contribution in [1.82, 2.24) is 20.4 Å². The number of hydrogen-bond acceptors (Lipinski definition) is 10. The average molecular weight is 634 g/mol. The van der Waals surface area contributed by atoms with Gasteiger partial charge < -0.3 is 25.2 Å². The molecular formula is C34H43N5O7. The molecule has 3 aliphatic heterocycles. The third-order valence-electron chi connectivity index (χ3n) is 9.76. The number of nitriles is 1. The number of ether oxygens (including phenoxy) is 2. The van der Waals surface area contributed by atoms with E-state index in [0.717, 1.165) is 28.0 Å². The highest BCUT2D eigenvalue weighted by atomic mass is 16.6. The molecule has 0 radical (unpaired) electrons. The Labute approximate surface area is 269 Å². The van der Waals surface area contributed by atoms with Gasteiger partial charge in [0.25, 0.3) is 0 Å². The zero-order valence-corrected chi connectivity index (χ0v) is 27.9. The Kier molecular flexibility index (Phi) is 8.55. The maximum Gasteiger partial charge on any atom is 0.408 e. The maximum atomic E-state index is 13.7. The number of nitrogens with zero attached hydrogens (tertiary/aromatic N) is 3. The fourth-order valence-electron chi connectivity index (χ4n) is 7.81. The second kappa shape index (κ2) is 11.9. The van der Waals surface area contributed by atoms with Crippen molar-refractivity contribution in [3.8, 4) is 11.8 Å². The van der Waals surface area contributed by atoms with E-state index in [-0.39, 0.29) is 42.0 Å². The zero-order chi connectivity index (χ0) is 34.0. The van der Waals surface area contributed by atoms with Crippen molar-refractivity contribution in [3.05, 3.63) is 50.8 Å². The second-order valence-corrected chi connectivity index (χ2v) is 13.8. The molecule has 2 bridgehead atoms. The number of amides is 2. The summed E-state index contributed by atoms with van der Waals surface area (Å²) in [5.41, 5.74) is 3.87. The third kappa shape index (κ3) is 5.35. The highest BCUT2D eigenvalue weighted by Gasteiger charge is 2.57. The lowest BCUT2D eigenvalue weighted by atomic mass is 9.69. The van der Waals surface area contributed by atoms with Gasteiger partial charge in [0.1, 0.15) is 29.2 Å². The highest BCUT2D eigenvalue weighted by molar-refractivity contribution is 6.50. The lowest BCUT2D eigenvalue weighted by Gasteiger charge is -2.60. The number of piperazine rings is 1. The normalized spacial score (nSPS) is 26.8. The van der Waals surface area contributed by atoms with Crippen LogP contribution in [-0.4, -0.2) is 95.0 Å². The Morgan fingerprint density at radius 1 is 1.15 bits per heavy atom. The van der Waals surface area contributed by atoms with E-state index in [1.54, 1.807) is 27.9 Å². The Hall–Kier alpha value is -4.21. The molecule has 0 aromatic heterocycles. The van der Waals surface area contributed by atoms with Gasteiger partial charge in [-0.2, -0.15) is 5.26 Å². The Morgan fingerprint density at radius 2 is 1.83 bits per heavy atom. The minimum atomic E-state index is -0.981. The Morgan fingerprint density at radius 3 is 2.43 bits per heavy atom. The number of Topliss-reactive ketones (excluding diaryl/α,β-unsaturated/α-hetero) is 2. The molecular weight excluding hydrogens is 590 g/mol. The van der Waals surface area contributed by atoms with Crippen LogP contribution in [0.5, 0.6) is 5.75 Å². The quantitative estimate of drug-likeness (QED) is 0.325. The molecule has 6 atom stereocenters. The molecule has 5 rings (SSSR count). The van der Waals surface area contributed by atoms with Crippen LogP contribution in [0.1, 0.15) is 69.3 Å². The summed E-state index contributed by atoms with van der Waals surface area (Å²) in [7, 11) is 3.63. The number of aliphatic hydroxyl groups excluding tert-OH is 1. The summed E-state index contributed by atoms with van der Waals surface area (Å²) in [6.45, 7) is 12.0. The van der Waals surface area contributed by atoms with Crippen molar-refractivity contribution in [2.24, 2.45) is 0 Å². The monoisotopic (exact) mass is 633 g/mol. The molecule has 1 aromatic rings. The predicted octanol–water partition coefficient (Wildman–Crippen LogP) is 2.87. The molecule has 12 heteroatoms. The second-order valence-electron chi connectivity index (χ2n) is 13.8. The number of hydrogen-bond donors (Lipinski definition) is 3. The molecule has 12 nitrogen and oxygen atoms in total. The SMILES string of the molecule is COc1c(C)cc2c(c1C)[C@@H]1[C@@H]3CC4=C(C(=O)C(=O)C(C)=C4O)[C@H](CNC(=O)[C@H](C)NC(=O)OC(C)(C)C)N3[C@@H](C#N)[C@H](C2)N1C. The minimum absolute atomic E-state index is 0.0217. The van der Waals surface area contributed by atoms with Crippen molar-refractivity contribution in [2.75, 3.05) is 20.7 Å². The average Bonchev–Trinajstić information content (AvgIpc) is 2.97. The predicted molar refractivity (Wildman–Crippen MR) is 168 cm³/mol. The molecule has 1 aromatic carbocycles. The van der Waals surface area contributed by atoms with Crippen LogP contribution >= 0.6 is 0 Å². The number of nitrogens with one attached hydrogen (secondary N) is 2.